The minimum absolute atomic E-state index is 0.0442. The monoisotopic (exact) mass is 575 g/mol. The molecule has 3 aromatic rings. The molecule has 1 aromatic heterocycles. The van der Waals surface area contributed by atoms with Crippen LogP contribution >= 0.6 is 11.6 Å². The molecule has 0 spiro atoms. The fourth-order valence-corrected chi connectivity index (χ4v) is 5.93. The van der Waals surface area contributed by atoms with Crippen LogP contribution < -0.4 is 20.7 Å². The molecule has 0 aliphatic carbocycles. The lowest BCUT2D eigenvalue weighted by atomic mass is 9.87. The van der Waals surface area contributed by atoms with Crippen LogP contribution in [-0.2, 0) is 9.84 Å². The van der Waals surface area contributed by atoms with Crippen molar-refractivity contribution in [3.8, 4) is 5.75 Å². The second kappa shape index (κ2) is 12.1. The predicted molar refractivity (Wildman–Crippen MR) is 154 cm³/mol. The molecule has 39 heavy (non-hydrogen) atoms. The van der Waals surface area contributed by atoms with Crippen LogP contribution in [0.5, 0.6) is 5.75 Å². The Labute approximate surface area is 234 Å². The number of halogens is 2. The highest BCUT2D eigenvalue weighted by molar-refractivity contribution is 7.92. The Kier molecular flexibility index (Phi) is 8.98. The maximum Gasteiger partial charge on any atom is 0.229 e. The van der Waals surface area contributed by atoms with Crippen molar-refractivity contribution in [3.63, 3.8) is 0 Å². The van der Waals surface area contributed by atoms with Gasteiger partial charge in [0.25, 0.3) is 0 Å². The zero-order valence-corrected chi connectivity index (χ0v) is 24.4. The molecule has 0 bridgehead atoms. The highest BCUT2D eigenvalue weighted by atomic mass is 35.5. The number of piperidine rings is 1. The van der Waals surface area contributed by atoms with Gasteiger partial charge in [-0.1, -0.05) is 11.6 Å². The first-order valence-corrected chi connectivity index (χ1v) is 15.0. The third-order valence-corrected chi connectivity index (χ3v) is 9.09. The van der Waals surface area contributed by atoms with Gasteiger partial charge in [0.05, 0.1) is 33.8 Å². The van der Waals surface area contributed by atoms with Crippen molar-refractivity contribution in [1.29, 1.82) is 0 Å². The summed E-state index contributed by atoms with van der Waals surface area (Å²) in [4.78, 5) is 8.65. The fourth-order valence-electron chi connectivity index (χ4n) is 4.58. The number of ether oxygens (including phenoxy) is 1. The molecule has 1 saturated heterocycles. The van der Waals surface area contributed by atoms with E-state index in [1.54, 1.807) is 13.8 Å². The lowest BCUT2D eigenvalue weighted by molar-refractivity contribution is 0.243. The maximum atomic E-state index is 14.0. The fraction of sp³-hybridized carbons (Fsp3) is 0.429. The van der Waals surface area contributed by atoms with E-state index in [9.17, 15) is 12.8 Å². The Bertz CT molecular complexity index is 1440. The first kappa shape index (κ1) is 29.0. The number of anilines is 4. The third kappa shape index (κ3) is 6.80. The Morgan fingerprint density at radius 2 is 1.79 bits per heavy atom. The number of sulfone groups is 1. The Morgan fingerprint density at radius 1 is 1.08 bits per heavy atom. The summed E-state index contributed by atoms with van der Waals surface area (Å²) in [5, 5.41) is 9.04. The SMILES string of the molecule is Cc1cc(Nc2ncc(Cl)c(Nc3ccc(F)cc3S(=O)(=O)C(C)C)n2)c(OC(C)C)cc1C1CCNCC1. The normalized spacial score (nSPS) is 14.6. The van der Waals surface area contributed by atoms with Gasteiger partial charge < -0.3 is 20.7 Å². The summed E-state index contributed by atoms with van der Waals surface area (Å²) in [5.41, 5.74) is 3.29. The van der Waals surface area contributed by atoms with Crippen LogP contribution in [0.15, 0.2) is 41.4 Å². The molecule has 1 aliphatic rings. The van der Waals surface area contributed by atoms with Crippen LogP contribution in [0.1, 0.15) is 57.6 Å². The summed E-state index contributed by atoms with van der Waals surface area (Å²) < 4.78 is 45.9. The van der Waals surface area contributed by atoms with Crippen LogP contribution in [0, 0.1) is 12.7 Å². The van der Waals surface area contributed by atoms with Gasteiger partial charge in [0, 0.05) is 0 Å². The van der Waals surface area contributed by atoms with Crippen molar-refractivity contribution >= 4 is 44.6 Å². The van der Waals surface area contributed by atoms with Gasteiger partial charge in [-0.2, -0.15) is 4.98 Å². The molecule has 0 unspecified atom stereocenters. The van der Waals surface area contributed by atoms with Gasteiger partial charge in [0.15, 0.2) is 15.7 Å². The number of aryl methyl sites for hydroxylation is 1. The van der Waals surface area contributed by atoms with Gasteiger partial charge in [0.1, 0.15) is 16.6 Å². The molecule has 2 heterocycles. The number of benzene rings is 2. The van der Waals surface area contributed by atoms with Gasteiger partial charge in [-0.05, 0) is 108 Å². The Morgan fingerprint density at radius 3 is 2.46 bits per heavy atom. The number of rotatable bonds is 9. The first-order chi connectivity index (χ1) is 18.5. The average molecular weight is 576 g/mol. The van der Waals surface area contributed by atoms with Crippen LogP contribution in [0.25, 0.3) is 0 Å². The number of hydrogen-bond donors (Lipinski definition) is 3. The van der Waals surface area contributed by atoms with Crippen molar-refractivity contribution in [2.45, 2.75) is 69.6 Å². The maximum absolute atomic E-state index is 14.0. The number of hydrogen-bond acceptors (Lipinski definition) is 8. The summed E-state index contributed by atoms with van der Waals surface area (Å²) in [6, 6.07) is 7.66. The van der Waals surface area contributed by atoms with E-state index < -0.39 is 20.9 Å². The lowest BCUT2D eigenvalue weighted by Gasteiger charge is -2.26. The molecule has 1 aliphatic heterocycles. The van der Waals surface area contributed by atoms with Crippen LogP contribution in [0.4, 0.5) is 27.5 Å². The van der Waals surface area contributed by atoms with Crippen LogP contribution in [0.2, 0.25) is 5.02 Å². The topological polar surface area (TPSA) is 105 Å². The van der Waals surface area contributed by atoms with Gasteiger partial charge in [-0.25, -0.2) is 17.8 Å². The molecule has 0 amide bonds. The highest BCUT2D eigenvalue weighted by Gasteiger charge is 2.25. The summed E-state index contributed by atoms with van der Waals surface area (Å²) in [6.45, 7) is 11.1. The second-order valence-electron chi connectivity index (χ2n) is 10.3. The molecular formula is C28H35ClFN5O3S. The van der Waals surface area contributed by atoms with E-state index in [-0.39, 0.29) is 33.5 Å². The van der Waals surface area contributed by atoms with E-state index in [1.165, 1.54) is 23.9 Å². The summed E-state index contributed by atoms with van der Waals surface area (Å²) >= 11 is 6.37. The first-order valence-electron chi connectivity index (χ1n) is 13.1. The van der Waals surface area contributed by atoms with Crippen molar-refractivity contribution in [1.82, 2.24) is 15.3 Å². The standard InChI is InChI=1S/C28H35ClFN5O3S/c1-16(2)38-25-14-21(19-8-10-31-11-9-19)18(5)12-24(25)34-28-32-15-22(29)27(35-28)33-23-7-6-20(30)13-26(23)39(36,37)17(3)4/h6-7,12-17,19,31H,8-11H2,1-5H3,(H2,32,33,34,35). The Hall–Kier alpha value is -2.95. The molecular weight excluding hydrogens is 541 g/mol. The highest BCUT2D eigenvalue weighted by Crippen LogP contribution is 2.38. The van der Waals surface area contributed by atoms with E-state index in [2.05, 4.69) is 38.9 Å². The summed E-state index contributed by atoms with van der Waals surface area (Å²) in [6.07, 6.45) is 3.51. The number of aromatic nitrogens is 2. The van der Waals surface area contributed by atoms with E-state index in [1.807, 2.05) is 19.9 Å². The molecule has 0 radical (unpaired) electrons. The van der Waals surface area contributed by atoms with Crippen molar-refractivity contribution in [2.24, 2.45) is 0 Å². The molecule has 11 heteroatoms. The van der Waals surface area contributed by atoms with E-state index >= 15 is 0 Å². The summed E-state index contributed by atoms with van der Waals surface area (Å²) in [5.74, 6) is 0.914. The van der Waals surface area contributed by atoms with Crippen LogP contribution in [0.3, 0.4) is 0 Å². The zero-order valence-electron chi connectivity index (χ0n) is 22.8. The lowest BCUT2D eigenvalue weighted by Crippen LogP contribution is -2.27. The minimum atomic E-state index is -3.78. The van der Waals surface area contributed by atoms with E-state index in [4.69, 9.17) is 16.3 Å². The molecule has 4 rings (SSSR count). The predicted octanol–water partition coefficient (Wildman–Crippen LogP) is 6.50. The molecule has 3 N–H and O–H groups in total. The molecule has 8 nitrogen and oxygen atoms in total. The zero-order chi connectivity index (χ0) is 28.3. The summed E-state index contributed by atoms with van der Waals surface area (Å²) in [7, 11) is -3.78. The number of nitrogens with zero attached hydrogens (tertiary/aromatic N) is 2. The average Bonchev–Trinajstić information content (AvgIpc) is 2.88. The second-order valence-corrected chi connectivity index (χ2v) is 13.2. The molecule has 0 saturated carbocycles. The van der Waals surface area contributed by atoms with Gasteiger partial charge in [-0.3, -0.25) is 0 Å². The van der Waals surface area contributed by atoms with Gasteiger partial charge in [-0.15, -0.1) is 0 Å². The van der Waals surface area contributed by atoms with Crippen molar-refractivity contribution in [3.05, 3.63) is 58.5 Å². The van der Waals surface area contributed by atoms with Gasteiger partial charge in [0.2, 0.25) is 5.95 Å². The quantitative estimate of drug-likeness (QED) is 0.265. The molecule has 210 valence electrons. The third-order valence-electron chi connectivity index (χ3n) is 6.62. The minimum Gasteiger partial charge on any atom is -0.489 e. The molecule has 0 atom stereocenters. The van der Waals surface area contributed by atoms with Gasteiger partial charge >= 0.3 is 0 Å². The van der Waals surface area contributed by atoms with Crippen molar-refractivity contribution < 1.29 is 17.5 Å². The molecule has 2 aromatic carbocycles. The number of nitrogens with one attached hydrogen (secondary N) is 3. The largest absolute Gasteiger partial charge is 0.489 e. The van der Waals surface area contributed by atoms with E-state index in [0.717, 1.165) is 37.6 Å². The van der Waals surface area contributed by atoms with Crippen molar-refractivity contribution in [2.75, 3.05) is 23.7 Å². The van der Waals surface area contributed by atoms with E-state index in [0.29, 0.717) is 17.4 Å². The smallest absolute Gasteiger partial charge is 0.229 e. The molecule has 1 fully saturated rings. The van der Waals surface area contributed by atoms with Crippen LogP contribution in [-0.4, -0.2) is 42.8 Å². The Balaban J connectivity index is 1.67.